The molecule has 2 aliphatic carbocycles. The van der Waals surface area contributed by atoms with Crippen LogP contribution in [0.1, 0.15) is 72.1 Å². The van der Waals surface area contributed by atoms with Crippen molar-refractivity contribution in [1.82, 2.24) is 5.32 Å². The topological polar surface area (TPSA) is 21.3 Å². The third kappa shape index (κ3) is 4.19. The molecule has 0 bridgehead atoms. The first-order chi connectivity index (χ1) is 9.20. The van der Waals surface area contributed by atoms with Crippen molar-refractivity contribution in [2.75, 3.05) is 13.2 Å². The number of ether oxygens (including phenoxy) is 1. The van der Waals surface area contributed by atoms with Gasteiger partial charge in [-0.25, -0.2) is 0 Å². The Hall–Kier alpha value is -0.0800. The average molecular weight is 267 g/mol. The number of hydrogen-bond acceptors (Lipinski definition) is 2. The van der Waals surface area contributed by atoms with Gasteiger partial charge in [-0.3, -0.25) is 0 Å². The summed E-state index contributed by atoms with van der Waals surface area (Å²) in [6, 6.07) is 0.575. The van der Waals surface area contributed by atoms with Gasteiger partial charge in [0.2, 0.25) is 0 Å². The van der Waals surface area contributed by atoms with Gasteiger partial charge < -0.3 is 10.1 Å². The van der Waals surface area contributed by atoms with E-state index in [-0.39, 0.29) is 5.60 Å². The first kappa shape index (κ1) is 15.3. The fourth-order valence-electron chi connectivity index (χ4n) is 3.74. The van der Waals surface area contributed by atoms with Gasteiger partial charge in [0.1, 0.15) is 0 Å². The smallest absolute Gasteiger partial charge is 0.0834 e. The van der Waals surface area contributed by atoms with E-state index in [1.165, 1.54) is 51.4 Å². The van der Waals surface area contributed by atoms with Crippen molar-refractivity contribution in [3.63, 3.8) is 0 Å². The van der Waals surface area contributed by atoms with Gasteiger partial charge in [0.05, 0.1) is 5.60 Å². The summed E-state index contributed by atoms with van der Waals surface area (Å²) in [5, 5.41) is 3.75. The highest BCUT2D eigenvalue weighted by molar-refractivity contribution is 4.97. The molecule has 0 heterocycles. The van der Waals surface area contributed by atoms with Gasteiger partial charge in [-0.1, -0.05) is 26.7 Å². The summed E-state index contributed by atoms with van der Waals surface area (Å²) in [6.45, 7) is 8.71. The van der Waals surface area contributed by atoms with Crippen LogP contribution >= 0.6 is 0 Å². The lowest BCUT2D eigenvalue weighted by Gasteiger charge is -2.45. The molecule has 0 aromatic rings. The second kappa shape index (κ2) is 7.08. The highest BCUT2D eigenvalue weighted by atomic mass is 16.5. The highest BCUT2D eigenvalue weighted by Gasteiger charge is 2.42. The first-order valence-corrected chi connectivity index (χ1v) is 8.57. The number of hydrogen-bond donors (Lipinski definition) is 1. The van der Waals surface area contributed by atoms with Crippen LogP contribution in [-0.4, -0.2) is 24.8 Å². The summed E-state index contributed by atoms with van der Waals surface area (Å²) in [6.07, 6.45) is 10.8. The van der Waals surface area contributed by atoms with Crippen LogP contribution in [0.4, 0.5) is 0 Å². The molecule has 1 unspecified atom stereocenters. The largest absolute Gasteiger partial charge is 0.374 e. The van der Waals surface area contributed by atoms with E-state index in [1.807, 2.05) is 0 Å². The zero-order valence-electron chi connectivity index (χ0n) is 13.2. The maximum Gasteiger partial charge on any atom is 0.0834 e. The zero-order valence-corrected chi connectivity index (χ0v) is 13.2. The standard InChI is InChI=1S/C17H33NO/c1-4-18-16(9-8-15-6-7-15)17(19-5-2)12-10-14(3)11-13-17/h14-16,18H,4-13H2,1-3H3. The van der Waals surface area contributed by atoms with Crippen LogP contribution in [0.15, 0.2) is 0 Å². The molecule has 0 aromatic carbocycles. The molecule has 112 valence electrons. The molecule has 0 spiro atoms. The molecule has 2 nitrogen and oxygen atoms in total. The zero-order chi connectivity index (χ0) is 13.7. The molecule has 1 N–H and O–H groups in total. The summed E-state index contributed by atoms with van der Waals surface area (Å²) in [7, 11) is 0. The molecule has 0 aromatic heterocycles. The van der Waals surface area contributed by atoms with Gasteiger partial charge in [-0.2, -0.15) is 0 Å². The third-order valence-electron chi connectivity index (χ3n) is 5.20. The normalized spacial score (nSPS) is 33.3. The maximum absolute atomic E-state index is 6.32. The Bertz CT molecular complexity index is 254. The highest BCUT2D eigenvalue weighted by Crippen LogP contribution is 2.41. The monoisotopic (exact) mass is 267 g/mol. The van der Waals surface area contributed by atoms with Gasteiger partial charge in [0.25, 0.3) is 0 Å². The molecule has 0 amide bonds. The number of nitrogens with one attached hydrogen (secondary N) is 1. The predicted molar refractivity (Wildman–Crippen MR) is 81.4 cm³/mol. The molecular weight excluding hydrogens is 234 g/mol. The summed E-state index contributed by atoms with van der Waals surface area (Å²) >= 11 is 0. The van der Waals surface area contributed by atoms with Crippen molar-refractivity contribution >= 4 is 0 Å². The molecule has 2 heteroatoms. The molecule has 1 atom stereocenters. The molecule has 0 aliphatic heterocycles. The van der Waals surface area contributed by atoms with Gasteiger partial charge in [-0.15, -0.1) is 0 Å². The van der Waals surface area contributed by atoms with Crippen molar-refractivity contribution in [3.8, 4) is 0 Å². The number of likely N-dealkylation sites (N-methyl/N-ethyl adjacent to an activating group) is 1. The Morgan fingerprint density at radius 1 is 1.16 bits per heavy atom. The maximum atomic E-state index is 6.32. The van der Waals surface area contributed by atoms with Crippen molar-refractivity contribution in [1.29, 1.82) is 0 Å². The van der Waals surface area contributed by atoms with Crippen LogP contribution in [0.2, 0.25) is 0 Å². The van der Waals surface area contributed by atoms with Crippen molar-refractivity contribution in [2.24, 2.45) is 11.8 Å². The fraction of sp³-hybridized carbons (Fsp3) is 1.00. The Morgan fingerprint density at radius 2 is 1.84 bits per heavy atom. The van der Waals surface area contributed by atoms with Crippen LogP contribution < -0.4 is 5.32 Å². The van der Waals surface area contributed by atoms with Crippen LogP contribution in [0.25, 0.3) is 0 Å². The Labute approximate surface area is 119 Å². The molecule has 0 saturated heterocycles. The number of rotatable bonds is 8. The summed E-state index contributed by atoms with van der Waals surface area (Å²) in [5.41, 5.74) is 0.131. The Morgan fingerprint density at radius 3 is 2.37 bits per heavy atom. The van der Waals surface area contributed by atoms with E-state index in [0.29, 0.717) is 6.04 Å². The van der Waals surface area contributed by atoms with E-state index in [1.54, 1.807) is 0 Å². The minimum atomic E-state index is 0.131. The lowest BCUT2D eigenvalue weighted by molar-refractivity contribution is -0.0979. The molecule has 2 rings (SSSR count). The summed E-state index contributed by atoms with van der Waals surface area (Å²) in [4.78, 5) is 0. The molecule has 2 saturated carbocycles. The Kier molecular flexibility index (Phi) is 5.70. The van der Waals surface area contributed by atoms with Crippen molar-refractivity contribution < 1.29 is 4.74 Å². The van der Waals surface area contributed by atoms with E-state index in [2.05, 4.69) is 26.1 Å². The lowest BCUT2D eigenvalue weighted by Crippen LogP contribution is -2.54. The quantitative estimate of drug-likeness (QED) is 0.713. The predicted octanol–water partition coefficient (Wildman–Crippen LogP) is 4.14. The van der Waals surface area contributed by atoms with Gasteiger partial charge in [-0.05, 0) is 63.8 Å². The van der Waals surface area contributed by atoms with Crippen LogP contribution in [0.3, 0.4) is 0 Å². The lowest BCUT2D eigenvalue weighted by atomic mass is 9.74. The molecule has 2 fully saturated rings. The molecule has 0 radical (unpaired) electrons. The SMILES string of the molecule is CCNC(CCC1CC1)C1(OCC)CCC(C)CC1. The van der Waals surface area contributed by atoms with Crippen LogP contribution in [0.5, 0.6) is 0 Å². The summed E-state index contributed by atoms with van der Waals surface area (Å²) < 4.78 is 6.32. The van der Waals surface area contributed by atoms with Gasteiger partial charge in [0, 0.05) is 12.6 Å². The Balaban J connectivity index is 1.98. The summed E-state index contributed by atoms with van der Waals surface area (Å²) in [5.74, 6) is 1.92. The van der Waals surface area contributed by atoms with Crippen molar-refractivity contribution in [3.05, 3.63) is 0 Å². The minimum absolute atomic E-state index is 0.131. The molecular formula is C17H33NO. The molecule has 19 heavy (non-hydrogen) atoms. The second-order valence-electron chi connectivity index (χ2n) is 6.81. The van der Waals surface area contributed by atoms with E-state index in [4.69, 9.17) is 4.74 Å². The van der Waals surface area contributed by atoms with Gasteiger partial charge in [0.15, 0.2) is 0 Å². The fourth-order valence-corrected chi connectivity index (χ4v) is 3.74. The van der Waals surface area contributed by atoms with E-state index < -0.39 is 0 Å². The average Bonchev–Trinajstić information content (AvgIpc) is 3.22. The van der Waals surface area contributed by atoms with E-state index in [0.717, 1.165) is 25.0 Å². The van der Waals surface area contributed by atoms with Crippen LogP contribution in [0, 0.1) is 11.8 Å². The van der Waals surface area contributed by atoms with Crippen molar-refractivity contribution in [2.45, 2.75) is 83.8 Å². The van der Waals surface area contributed by atoms with Gasteiger partial charge >= 0.3 is 0 Å². The van der Waals surface area contributed by atoms with Crippen LogP contribution in [-0.2, 0) is 4.74 Å². The molecule has 2 aliphatic rings. The van der Waals surface area contributed by atoms with E-state index in [9.17, 15) is 0 Å². The second-order valence-corrected chi connectivity index (χ2v) is 6.81. The first-order valence-electron chi connectivity index (χ1n) is 8.57. The minimum Gasteiger partial charge on any atom is -0.374 e. The van der Waals surface area contributed by atoms with E-state index >= 15 is 0 Å². The third-order valence-corrected chi connectivity index (χ3v) is 5.20.